The van der Waals surface area contributed by atoms with E-state index in [0.717, 1.165) is 17.1 Å². The molecule has 7 nitrogen and oxygen atoms in total. The molecule has 3 rings (SSSR count). The molecule has 1 aliphatic rings. The Balaban J connectivity index is 0.00000243. The Morgan fingerprint density at radius 2 is 2.19 bits per heavy atom. The summed E-state index contributed by atoms with van der Waals surface area (Å²) in [6.45, 7) is 1.94. The standard InChI is InChI=1S/C17H22ClN5O2.ClH/c1-9-5-11(18)3-4-13(9)23-17(10-6-12(19)14(24)7-10)21-15(22-23)8-16(25)20-2;/h3-5,10,12,14,24H,6-8,19H2,1-2H3,(H,20,25);1H/t10-,12-,14-;/m0./s1. The molecule has 1 aromatic heterocycles. The third kappa shape index (κ3) is 4.17. The lowest BCUT2D eigenvalue weighted by Crippen LogP contribution is -2.28. The van der Waals surface area contributed by atoms with Crippen molar-refractivity contribution in [2.24, 2.45) is 5.73 Å². The maximum Gasteiger partial charge on any atom is 0.227 e. The van der Waals surface area contributed by atoms with Gasteiger partial charge in [-0.3, -0.25) is 4.79 Å². The lowest BCUT2D eigenvalue weighted by Gasteiger charge is -2.13. The quantitative estimate of drug-likeness (QED) is 0.722. The van der Waals surface area contributed by atoms with Gasteiger partial charge in [0.2, 0.25) is 5.91 Å². The largest absolute Gasteiger partial charge is 0.391 e. The average molecular weight is 400 g/mol. The molecule has 1 heterocycles. The zero-order valence-corrected chi connectivity index (χ0v) is 16.2. The molecule has 3 atom stereocenters. The van der Waals surface area contributed by atoms with Crippen LogP contribution in [0.3, 0.4) is 0 Å². The van der Waals surface area contributed by atoms with Crippen molar-refractivity contribution >= 4 is 29.9 Å². The summed E-state index contributed by atoms with van der Waals surface area (Å²) in [5, 5.41) is 17.8. The van der Waals surface area contributed by atoms with Crippen LogP contribution in [0.15, 0.2) is 18.2 Å². The first-order chi connectivity index (χ1) is 11.9. The van der Waals surface area contributed by atoms with E-state index in [1.54, 1.807) is 17.8 Å². The van der Waals surface area contributed by atoms with Crippen LogP contribution in [0, 0.1) is 6.92 Å². The summed E-state index contributed by atoms with van der Waals surface area (Å²) in [6, 6.07) is 5.26. The minimum absolute atomic E-state index is 0. The fourth-order valence-electron chi connectivity index (χ4n) is 3.23. The highest BCUT2D eigenvalue weighted by Gasteiger charge is 2.35. The van der Waals surface area contributed by atoms with Crippen LogP contribution in [-0.4, -0.2) is 45.0 Å². The number of nitrogens with two attached hydrogens (primary N) is 1. The smallest absolute Gasteiger partial charge is 0.227 e. The van der Waals surface area contributed by atoms with E-state index in [4.69, 9.17) is 17.3 Å². The van der Waals surface area contributed by atoms with E-state index in [-0.39, 0.29) is 36.7 Å². The Hall–Kier alpha value is -1.67. The molecular formula is C17H23Cl2N5O2. The molecule has 1 aliphatic carbocycles. The average Bonchev–Trinajstić information content (AvgIpc) is 3.11. The van der Waals surface area contributed by atoms with Crippen molar-refractivity contribution in [3.05, 3.63) is 40.4 Å². The number of aliphatic hydroxyl groups is 1. The molecule has 142 valence electrons. The summed E-state index contributed by atoms with van der Waals surface area (Å²) in [5.74, 6) is 1.00. The van der Waals surface area contributed by atoms with Crippen molar-refractivity contribution < 1.29 is 9.90 Å². The summed E-state index contributed by atoms with van der Waals surface area (Å²) in [4.78, 5) is 16.3. The molecule has 0 saturated heterocycles. The first-order valence-corrected chi connectivity index (χ1v) is 8.63. The highest BCUT2D eigenvalue weighted by atomic mass is 35.5. The number of rotatable bonds is 4. The monoisotopic (exact) mass is 399 g/mol. The number of nitrogens with zero attached hydrogens (tertiary/aromatic N) is 3. The van der Waals surface area contributed by atoms with Crippen molar-refractivity contribution in [3.8, 4) is 5.69 Å². The van der Waals surface area contributed by atoms with Crippen LogP contribution in [-0.2, 0) is 11.2 Å². The molecule has 26 heavy (non-hydrogen) atoms. The number of benzene rings is 1. The van der Waals surface area contributed by atoms with E-state index < -0.39 is 6.10 Å². The third-order valence-electron chi connectivity index (χ3n) is 4.60. The van der Waals surface area contributed by atoms with Crippen LogP contribution >= 0.6 is 24.0 Å². The van der Waals surface area contributed by atoms with Gasteiger partial charge in [-0.2, -0.15) is 5.10 Å². The number of aliphatic hydroxyl groups excluding tert-OH is 1. The summed E-state index contributed by atoms with van der Waals surface area (Å²) in [5.41, 5.74) is 7.77. The third-order valence-corrected chi connectivity index (χ3v) is 4.84. The predicted octanol–water partition coefficient (Wildman–Crippen LogP) is 1.51. The van der Waals surface area contributed by atoms with Gasteiger partial charge in [0, 0.05) is 24.0 Å². The van der Waals surface area contributed by atoms with Gasteiger partial charge in [0.05, 0.1) is 18.2 Å². The van der Waals surface area contributed by atoms with E-state index in [2.05, 4.69) is 15.4 Å². The summed E-state index contributed by atoms with van der Waals surface area (Å²) >= 11 is 6.05. The Morgan fingerprint density at radius 1 is 1.46 bits per heavy atom. The van der Waals surface area contributed by atoms with Crippen molar-refractivity contribution in [2.75, 3.05) is 7.05 Å². The van der Waals surface area contributed by atoms with Gasteiger partial charge in [-0.25, -0.2) is 9.67 Å². The highest BCUT2D eigenvalue weighted by Crippen LogP contribution is 2.34. The fraction of sp³-hybridized carbons (Fsp3) is 0.471. The molecule has 1 aromatic carbocycles. The molecule has 0 radical (unpaired) electrons. The van der Waals surface area contributed by atoms with Gasteiger partial charge < -0.3 is 16.2 Å². The first-order valence-electron chi connectivity index (χ1n) is 8.25. The zero-order chi connectivity index (χ0) is 18.1. The molecule has 0 spiro atoms. The number of hydrogen-bond acceptors (Lipinski definition) is 5. The lowest BCUT2D eigenvalue weighted by molar-refractivity contribution is -0.120. The molecule has 9 heteroatoms. The van der Waals surface area contributed by atoms with Crippen molar-refractivity contribution in [2.45, 2.75) is 44.2 Å². The second-order valence-electron chi connectivity index (χ2n) is 6.48. The van der Waals surface area contributed by atoms with Crippen molar-refractivity contribution in [1.29, 1.82) is 0 Å². The van der Waals surface area contributed by atoms with Crippen LogP contribution in [0.25, 0.3) is 5.69 Å². The molecule has 1 fully saturated rings. The fourth-order valence-corrected chi connectivity index (χ4v) is 3.46. The van der Waals surface area contributed by atoms with Gasteiger partial charge in [0.15, 0.2) is 5.82 Å². The minimum atomic E-state index is -0.552. The van der Waals surface area contributed by atoms with Gasteiger partial charge in [0.1, 0.15) is 5.82 Å². The highest BCUT2D eigenvalue weighted by molar-refractivity contribution is 6.30. The Kier molecular flexibility index (Phi) is 6.63. The van der Waals surface area contributed by atoms with E-state index in [0.29, 0.717) is 23.7 Å². The molecule has 0 aliphatic heterocycles. The maximum atomic E-state index is 11.7. The molecule has 4 N–H and O–H groups in total. The normalized spacial score (nSPS) is 22.1. The Bertz CT molecular complexity index is 785. The second kappa shape index (κ2) is 8.35. The number of halogens is 2. The predicted molar refractivity (Wildman–Crippen MR) is 102 cm³/mol. The van der Waals surface area contributed by atoms with E-state index in [1.165, 1.54) is 0 Å². The number of amides is 1. The SMILES string of the molecule is CNC(=O)Cc1nc([C@H]2C[C@H](N)[C@@H](O)C2)n(-c2ccc(Cl)cc2C)n1.Cl. The van der Waals surface area contributed by atoms with Crippen molar-refractivity contribution in [1.82, 2.24) is 20.1 Å². The number of nitrogens with one attached hydrogen (secondary N) is 1. The number of hydrogen-bond donors (Lipinski definition) is 3. The van der Waals surface area contributed by atoms with Crippen LogP contribution < -0.4 is 11.1 Å². The van der Waals surface area contributed by atoms with Gasteiger partial charge in [-0.05, 0) is 43.5 Å². The molecule has 0 bridgehead atoms. The Labute approximate surface area is 163 Å². The number of carbonyl (C=O) groups excluding carboxylic acids is 1. The van der Waals surface area contributed by atoms with Crippen LogP contribution in [0.4, 0.5) is 0 Å². The van der Waals surface area contributed by atoms with Crippen LogP contribution in [0.2, 0.25) is 5.02 Å². The molecule has 1 saturated carbocycles. The van der Waals surface area contributed by atoms with Gasteiger partial charge in [-0.1, -0.05) is 11.6 Å². The van der Waals surface area contributed by atoms with Gasteiger partial charge in [0.25, 0.3) is 0 Å². The van der Waals surface area contributed by atoms with E-state index in [1.807, 2.05) is 19.1 Å². The summed E-state index contributed by atoms with van der Waals surface area (Å²) < 4.78 is 1.75. The van der Waals surface area contributed by atoms with Crippen molar-refractivity contribution in [3.63, 3.8) is 0 Å². The van der Waals surface area contributed by atoms with E-state index in [9.17, 15) is 9.90 Å². The molecule has 2 aromatic rings. The minimum Gasteiger partial charge on any atom is -0.391 e. The number of aromatic nitrogens is 3. The summed E-state index contributed by atoms with van der Waals surface area (Å²) in [7, 11) is 1.58. The number of carbonyl (C=O) groups is 1. The van der Waals surface area contributed by atoms with Crippen LogP contribution in [0.5, 0.6) is 0 Å². The topological polar surface area (TPSA) is 106 Å². The maximum absolute atomic E-state index is 11.7. The summed E-state index contributed by atoms with van der Waals surface area (Å²) in [6.07, 6.45) is 0.714. The number of likely N-dealkylation sites (N-methyl/N-ethyl adjacent to an activating group) is 1. The van der Waals surface area contributed by atoms with Gasteiger partial charge in [-0.15, -0.1) is 12.4 Å². The second-order valence-corrected chi connectivity index (χ2v) is 6.91. The van der Waals surface area contributed by atoms with Crippen LogP contribution in [0.1, 0.15) is 36.0 Å². The zero-order valence-electron chi connectivity index (χ0n) is 14.6. The van der Waals surface area contributed by atoms with Gasteiger partial charge >= 0.3 is 0 Å². The Morgan fingerprint density at radius 3 is 2.77 bits per heavy atom. The molecule has 0 unspecified atom stereocenters. The first kappa shape index (κ1) is 20.6. The van der Waals surface area contributed by atoms with E-state index >= 15 is 0 Å². The molecule has 1 amide bonds. The molecular weight excluding hydrogens is 377 g/mol. The lowest BCUT2D eigenvalue weighted by atomic mass is 10.1. The number of aryl methyl sites for hydroxylation is 1.